The van der Waals surface area contributed by atoms with Gasteiger partial charge in [0.15, 0.2) is 0 Å². The van der Waals surface area contributed by atoms with Gasteiger partial charge in [-0.1, -0.05) is 12.6 Å². The van der Waals surface area contributed by atoms with E-state index < -0.39 is 17.8 Å². The molecule has 2 aromatic heterocycles. The highest BCUT2D eigenvalue weighted by atomic mass is 19.4. The molecule has 0 radical (unpaired) electrons. The molecule has 1 saturated heterocycles. The third-order valence-electron chi connectivity index (χ3n) is 6.18. The summed E-state index contributed by atoms with van der Waals surface area (Å²) in [5.74, 6) is -0.0158. The van der Waals surface area contributed by atoms with Gasteiger partial charge >= 0.3 is 12.2 Å². The number of likely N-dealkylation sites (N-methyl/N-ethyl adjacent to an activating group) is 1. The van der Waals surface area contributed by atoms with Crippen molar-refractivity contribution >= 4 is 29.1 Å². The maximum atomic E-state index is 13.8. The van der Waals surface area contributed by atoms with Crippen molar-refractivity contribution in [2.75, 3.05) is 49.2 Å². The minimum Gasteiger partial charge on any atom is -0.308 e. The highest BCUT2D eigenvalue weighted by Crippen LogP contribution is 2.34. The fraction of sp³-hybridized carbons (Fsp3) is 0.259. The number of halogens is 3. The van der Waals surface area contributed by atoms with Crippen LogP contribution in [0.4, 0.5) is 35.2 Å². The topological polar surface area (TPSA) is 102 Å². The average molecular weight is 540 g/mol. The molecule has 3 amide bonds. The number of alkyl halides is 3. The Morgan fingerprint density at radius 3 is 2.28 bits per heavy atom. The van der Waals surface area contributed by atoms with Crippen LogP contribution in [0.25, 0.3) is 11.3 Å². The number of rotatable bonds is 7. The van der Waals surface area contributed by atoms with Crippen molar-refractivity contribution in [1.29, 1.82) is 0 Å². The summed E-state index contributed by atoms with van der Waals surface area (Å²) >= 11 is 0. The molecule has 0 bridgehead atoms. The molecule has 0 spiro atoms. The second-order valence-electron chi connectivity index (χ2n) is 9.09. The van der Waals surface area contributed by atoms with Crippen molar-refractivity contribution in [3.05, 3.63) is 78.6 Å². The summed E-state index contributed by atoms with van der Waals surface area (Å²) in [7, 11) is 1.99. The fourth-order valence-corrected chi connectivity index (χ4v) is 4.03. The molecule has 0 unspecified atom stereocenters. The summed E-state index contributed by atoms with van der Waals surface area (Å²) in [5, 5.41) is 7.58. The summed E-state index contributed by atoms with van der Waals surface area (Å²) in [6.45, 7) is 6.56. The van der Waals surface area contributed by atoms with E-state index in [0.29, 0.717) is 35.9 Å². The molecular weight excluding hydrogens is 511 g/mol. The Kier molecular flexibility index (Phi) is 8.57. The lowest BCUT2D eigenvalue weighted by atomic mass is 10.0. The van der Waals surface area contributed by atoms with Crippen molar-refractivity contribution in [3.63, 3.8) is 0 Å². The highest BCUT2D eigenvalue weighted by Gasteiger charge is 2.34. The number of benzene rings is 1. The van der Waals surface area contributed by atoms with E-state index in [1.165, 1.54) is 24.5 Å². The molecule has 0 saturated carbocycles. The van der Waals surface area contributed by atoms with E-state index in [1.54, 1.807) is 24.3 Å². The summed E-state index contributed by atoms with van der Waals surface area (Å²) in [5.41, 5.74) is 1.03. The summed E-state index contributed by atoms with van der Waals surface area (Å²) < 4.78 is 41.4. The second-order valence-corrected chi connectivity index (χ2v) is 9.09. The van der Waals surface area contributed by atoms with Crippen molar-refractivity contribution in [3.8, 4) is 11.3 Å². The lowest BCUT2D eigenvalue weighted by Gasteiger charge is -2.33. The Hall–Kier alpha value is -4.29. The van der Waals surface area contributed by atoms with Crippen LogP contribution in [0.15, 0.2) is 67.5 Å². The summed E-state index contributed by atoms with van der Waals surface area (Å²) in [4.78, 5) is 36.4. The molecule has 4 rings (SSSR count). The van der Waals surface area contributed by atoms with E-state index in [-0.39, 0.29) is 23.7 Å². The summed E-state index contributed by atoms with van der Waals surface area (Å²) in [6.07, 6.45) is -0.464. The number of urea groups is 1. The molecule has 1 aliphatic rings. The zero-order valence-electron chi connectivity index (χ0n) is 21.3. The first kappa shape index (κ1) is 27.7. The Bertz CT molecular complexity index is 1320. The Morgan fingerprint density at radius 1 is 0.949 bits per heavy atom. The van der Waals surface area contributed by atoms with E-state index in [2.05, 4.69) is 37.4 Å². The zero-order valence-corrected chi connectivity index (χ0v) is 21.3. The molecule has 204 valence electrons. The van der Waals surface area contributed by atoms with Crippen LogP contribution in [0.2, 0.25) is 0 Å². The maximum Gasteiger partial charge on any atom is 0.416 e. The number of carbonyl (C=O) groups excluding carboxylic acids is 2. The first-order valence-corrected chi connectivity index (χ1v) is 12.2. The van der Waals surface area contributed by atoms with Crippen LogP contribution < -0.4 is 16.0 Å². The number of nitrogens with zero attached hydrogens (tertiary/aromatic N) is 4. The van der Waals surface area contributed by atoms with Gasteiger partial charge in [-0.15, -0.1) is 0 Å². The Balaban J connectivity index is 1.38. The lowest BCUT2D eigenvalue weighted by molar-refractivity contribution is -0.138. The van der Waals surface area contributed by atoms with Gasteiger partial charge in [0.2, 0.25) is 5.91 Å². The van der Waals surface area contributed by atoms with Gasteiger partial charge < -0.3 is 20.9 Å². The van der Waals surface area contributed by atoms with Crippen LogP contribution >= 0.6 is 0 Å². The molecule has 0 aliphatic carbocycles. The average Bonchev–Trinajstić information content (AvgIpc) is 2.91. The fourth-order valence-electron chi connectivity index (χ4n) is 4.03. The van der Waals surface area contributed by atoms with Gasteiger partial charge in [0.25, 0.3) is 0 Å². The van der Waals surface area contributed by atoms with Crippen LogP contribution in [0.1, 0.15) is 11.1 Å². The monoisotopic (exact) mass is 539 g/mol. The quantitative estimate of drug-likeness (QED) is 0.377. The van der Waals surface area contributed by atoms with Crippen molar-refractivity contribution in [2.45, 2.75) is 12.7 Å². The number of anilines is 3. The number of aromatic nitrogens is 2. The van der Waals surface area contributed by atoms with Gasteiger partial charge in [-0.05, 0) is 55.1 Å². The van der Waals surface area contributed by atoms with Crippen LogP contribution in [0.5, 0.6) is 0 Å². The minimum absolute atomic E-state index is 0.0289. The number of hydrogen-bond acceptors (Lipinski definition) is 6. The van der Waals surface area contributed by atoms with Gasteiger partial charge in [-0.25, -0.2) is 9.78 Å². The number of pyridine rings is 2. The molecule has 39 heavy (non-hydrogen) atoms. The van der Waals surface area contributed by atoms with Crippen LogP contribution in [0, 0.1) is 0 Å². The van der Waals surface area contributed by atoms with E-state index in [0.717, 1.165) is 25.2 Å². The number of piperazine rings is 1. The predicted octanol–water partition coefficient (Wildman–Crippen LogP) is 4.68. The zero-order chi connectivity index (χ0) is 28.0. The number of nitrogens with one attached hydrogen (secondary N) is 3. The smallest absolute Gasteiger partial charge is 0.308 e. The third kappa shape index (κ3) is 7.62. The van der Waals surface area contributed by atoms with E-state index in [9.17, 15) is 22.8 Å². The van der Waals surface area contributed by atoms with Gasteiger partial charge in [-0.3, -0.25) is 14.7 Å². The summed E-state index contributed by atoms with van der Waals surface area (Å²) in [6, 6.07) is 9.74. The van der Waals surface area contributed by atoms with E-state index in [4.69, 9.17) is 0 Å². The van der Waals surface area contributed by atoms with Gasteiger partial charge in [0, 0.05) is 50.2 Å². The number of carbonyl (C=O) groups is 2. The number of amides is 3. The number of hydrogen-bond donors (Lipinski definition) is 3. The van der Waals surface area contributed by atoms with Gasteiger partial charge in [0.1, 0.15) is 5.82 Å². The Morgan fingerprint density at radius 2 is 1.67 bits per heavy atom. The molecule has 1 fully saturated rings. The molecular formula is C27H28F3N7O2. The van der Waals surface area contributed by atoms with Crippen molar-refractivity contribution in [2.24, 2.45) is 0 Å². The molecule has 12 heteroatoms. The molecule has 1 aromatic carbocycles. The molecule has 0 atom stereocenters. The van der Waals surface area contributed by atoms with E-state index >= 15 is 0 Å². The van der Waals surface area contributed by atoms with Crippen LogP contribution in [-0.2, 0) is 17.5 Å². The third-order valence-corrected chi connectivity index (χ3v) is 6.18. The molecule has 3 aromatic rings. The molecule has 3 heterocycles. The molecule has 9 nitrogen and oxygen atoms in total. The first-order valence-electron chi connectivity index (χ1n) is 12.2. The first-order chi connectivity index (χ1) is 18.6. The minimum atomic E-state index is -4.56. The lowest BCUT2D eigenvalue weighted by Crippen LogP contribution is -2.44. The predicted molar refractivity (Wildman–Crippen MR) is 143 cm³/mol. The molecule has 1 aliphatic heterocycles. The maximum absolute atomic E-state index is 13.8. The highest BCUT2D eigenvalue weighted by molar-refractivity contribution is 6.00. The standard InChI is InChI=1S/C27H28F3N7O2/c1-3-25(38)35-24-9-5-18(15-32-24)23-8-7-21(16-31-23)34-26(39)33-20-6-4-19(22(14-20)27(28,29)30)17-37-12-10-36(2)11-13-37/h3-9,14-16H,1,10-13,17H2,2H3,(H,32,35,38)(H2,33,34,39). The SMILES string of the molecule is C=CC(=O)Nc1ccc(-c2ccc(NC(=O)Nc3ccc(CN4CCN(C)CC4)c(C(F)(F)F)c3)cn2)cn1. The van der Waals surface area contributed by atoms with E-state index in [1.807, 2.05) is 11.9 Å². The normalized spacial score (nSPS) is 14.5. The Labute approximate surface area is 223 Å². The van der Waals surface area contributed by atoms with Crippen LogP contribution in [-0.4, -0.2) is 64.9 Å². The largest absolute Gasteiger partial charge is 0.416 e. The van der Waals surface area contributed by atoms with Crippen LogP contribution in [0.3, 0.4) is 0 Å². The van der Waals surface area contributed by atoms with Gasteiger partial charge in [0.05, 0.1) is 23.1 Å². The second kappa shape index (κ2) is 12.0. The van der Waals surface area contributed by atoms with Crippen molar-refractivity contribution < 1.29 is 22.8 Å². The van der Waals surface area contributed by atoms with Gasteiger partial charge in [-0.2, -0.15) is 13.2 Å². The molecule has 3 N–H and O–H groups in total. The van der Waals surface area contributed by atoms with Crippen molar-refractivity contribution in [1.82, 2.24) is 19.8 Å².